The van der Waals surface area contributed by atoms with Crippen LogP contribution in [0.2, 0.25) is 0 Å². The smallest absolute Gasteiger partial charge is 0.253 e. The van der Waals surface area contributed by atoms with E-state index in [9.17, 15) is 9.18 Å². The zero-order valence-corrected chi connectivity index (χ0v) is 17.4. The van der Waals surface area contributed by atoms with E-state index in [1.165, 1.54) is 12.1 Å². The van der Waals surface area contributed by atoms with Gasteiger partial charge in [-0.05, 0) is 68.3 Å². The van der Waals surface area contributed by atoms with Gasteiger partial charge < -0.3 is 14.4 Å². The molecule has 30 heavy (non-hydrogen) atoms. The molecule has 0 saturated heterocycles. The molecule has 3 aromatic rings. The van der Waals surface area contributed by atoms with E-state index in [1.54, 1.807) is 49.4 Å². The first-order chi connectivity index (χ1) is 14.5. The van der Waals surface area contributed by atoms with Gasteiger partial charge in [0.05, 0.1) is 19.4 Å². The predicted octanol–water partition coefficient (Wildman–Crippen LogP) is 4.33. The van der Waals surface area contributed by atoms with Crippen molar-refractivity contribution in [3.63, 3.8) is 0 Å². The van der Waals surface area contributed by atoms with E-state index in [1.807, 2.05) is 13.0 Å². The van der Waals surface area contributed by atoms with Gasteiger partial charge in [-0.3, -0.25) is 9.89 Å². The van der Waals surface area contributed by atoms with Crippen molar-refractivity contribution in [3.8, 4) is 22.8 Å². The zero-order chi connectivity index (χ0) is 21.5. The zero-order valence-electron chi connectivity index (χ0n) is 17.4. The Labute approximate surface area is 175 Å². The second-order valence-electron chi connectivity index (χ2n) is 6.91. The number of hydrogen-bond donors (Lipinski definition) is 1. The fraction of sp³-hybridized carbons (Fsp3) is 0.304. The number of benzene rings is 2. The van der Waals surface area contributed by atoms with Crippen LogP contribution in [0.25, 0.3) is 11.3 Å². The normalized spacial score (nSPS) is 10.7. The molecule has 0 fully saturated rings. The Morgan fingerprint density at radius 1 is 1.13 bits per heavy atom. The van der Waals surface area contributed by atoms with Gasteiger partial charge in [0.2, 0.25) is 0 Å². The van der Waals surface area contributed by atoms with E-state index in [0.29, 0.717) is 30.2 Å². The number of methoxy groups -OCH3 is 1. The van der Waals surface area contributed by atoms with Crippen LogP contribution in [0.3, 0.4) is 0 Å². The van der Waals surface area contributed by atoms with Gasteiger partial charge in [0, 0.05) is 30.4 Å². The number of nitrogens with zero attached hydrogens (tertiary/aromatic N) is 2. The highest BCUT2D eigenvalue weighted by atomic mass is 19.1. The van der Waals surface area contributed by atoms with Crippen LogP contribution in [0.5, 0.6) is 11.5 Å². The molecule has 0 aliphatic carbocycles. The maximum atomic E-state index is 13.1. The molecule has 7 heteroatoms. The highest BCUT2D eigenvalue weighted by molar-refractivity contribution is 5.94. The molecule has 0 unspecified atom stereocenters. The molecule has 0 saturated carbocycles. The van der Waals surface area contributed by atoms with Gasteiger partial charge in [-0.1, -0.05) is 0 Å². The summed E-state index contributed by atoms with van der Waals surface area (Å²) in [6.45, 7) is 3.02. The van der Waals surface area contributed by atoms with Crippen molar-refractivity contribution in [3.05, 3.63) is 65.6 Å². The Morgan fingerprint density at radius 3 is 2.60 bits per heavy atom. The quantitative estimate of drug-likeness (QED) is 0.569. The number of aryl methyl sites for hydroxylation is 1. The molecule has 0 bridgehead atoms. The minimum atomic E-state index is -0.271. The van der Waals surface area contributed by atoms with Crippen molar-refractivity contribution in [1.82, 2.24) is 15.1 Å². The van der Waals surface area contributed by atoms with Crippen molar-refractivity contribution in [2.45, 2.75) is 19.8 Å². The second-order valence-corrected chi connectivity index (χ2v) is 6.91. The summed E-state index contributed by atoms with van der Waals surface area (Å²) in [5, 5.41) is 7.29. The molecule has 6 nitrogen and oxygen atoms in total. The Bertz CT molecular complexity index is 986. The van der Waals surface area contributed by atoms with Crippen LogP contribution in [0.15, 0.2) is 48.5 Å². The number of H-pyrrole nitrogens is 1. The first-order valence-corrected chi connectivity index (χ1v) is 9.88. The molecule has 3 rings (SSSR count). The highest BCUT2D eigenvalue weighted by Gasteiger charge is 2.15. The summed E-state index contributed by atoms with van der Waals surface area (Å²) in [5.41, 5.74) is 3.16. The summed E-state index contributed by atoms with van der Waals surface area (Å²) in [7, 11) is 3.34. The van der Waals surface area contributed by atoms with Crippen molar-refractivity contribution in [2.24, 2.45) is 0 Å². The lowest BCUT2D eigenvalue weighted by atomic mass is 10.1. The first kappa shape index (κ1) is 21.4. The molecule has 2 aromatic carbocycles. The van der Waals surface area contributed by atoms with Gasteiger partial charge in [0.15, 0.2) is 11.5 Å². The lowest BCUT2D eigenvalue weighted by molar-refractivity contribution is 0.0793. The maximum absolute atomic E-state index is 13.1. The van der Waals surface area contributed by atoms with Crippen LogP contribution in [-0.4, -0.2) is 48.3 Å². The lowest BCUT2D eigenvalue weighted by Gasteiger charge is -2.18. The fourth-order valence-electron chi connectivity index (χ4n) is 3.16. The summed E-state index contributed by atoms with van der Waals surface area (Å²) in [5.74, 6) is 0.817. The Balaban J connectivity index is 1.55. The molecule has 0 aliphatic rings. The third-order valence-electron chi connectivity index (χ3n) is 4.77. The number of hydrogen-bond acceptors (Lipinski definition) is 4. The van der Waals surface area contributed by atoms with Crippen LogP contribution >= 0.6 is 0 Å². The summed E-state index contributed by atoms with van der Waals surface area (Å²) >= 11 is 0. The Morgan fingerprint density at radius 2 is 1.90 bits per heavy atom. The molecule has 1 heterocycles. The van der Waals surface area contributed by atoms with E-state index < -0.39 is 0 Å². The number of aromatic nitrogens is 2. The first-order valence-electron chi connectivity index (χ1n) is 9.88. The number of carbonyl (C=O) groups is 1. The van der Waals surface area contributed by atoms with Crippen molar-refractivity contribution in [2.75, 3.05) is 27.3 Å². The van der Waals surface area contributed by atoms with Crippen LogP contribution in [0.1, 0.15) is 29.4 Å². The molecule has 1 N–H and O–H groups in total. The Hall–Kier alpha value is -3.35. The molecule has 158 valence electrons. The minimum absolute atomic E-state index is 0.0760. The largest absolute Gasteiger partial charge is 0.493 e. The maximum Gasteiger partial charge on any atom is 0.253 e. The number of ether oxygens (including phenoxy) is 2. The molecule has 1 amide bonds. The summed E-state index contributed by atoms with van der Waals surface area (Å²) < 4.78 is 23.9. The van der Waals surface area contributed by atoms with Crippen molar-refractivity contribution >= 4 is 5.91 Å². The molecule has 0 aliphatic heterocycles. The number of carbonyl (C=O) groups excluding carboxylic acids is 1. The Kier molecular flexibility index (Phi) is 7.06. The molecular weight excluding hydrogens is 385 g/mol. The van der Waals surface area contributed by atoms with E-state index >= 15 is 0 Å². The van der Waals surface area contributed by atoms with E-state index in [4.69, 9.17) is 9.47 Å². The van der Waals surface area contributed by atoms with Crippen LogP contribution in [0, 0.1) is 5.82 Å². The number of amides is 1. The molecule has 1 aromatic heterocycles. The summed E-state index contributed by atoms with van der Waals surface area (Å²) in [6.07, 6.45) is 1.53. The average Bonchev–Trinajstić information content (AvgIpc) is 3.23. The van der Waals surface area contributed by atoms with Crippen LogP contribution in [-0.2, 0) is 6.42 Å². The average molecular weight is 411 g/mol. The number of halogens is 1. The van der Waals surface area contributed by atoms with Gasteiger partial charge in [0.1, 0.15) is 5.82 Å². The van der Waals surface area contributed by atoms with Gasteiger partial charge in [0.25, 0.3) is 5.91 Å². The van der Waals surface area contributed by atoms with Gasteiger partial charge >= 0.3 is 0 Å². The summed E-state index contributed by atoms with van der Waals surface area (Å²) in [6, 6.07) is 13.4. The van der Waals surface area contributed by atoms with Crippen molar-refractivity contribution in [1.29, 1.82) is 0 Å². The third-order valence-corrected chi connectivity index (χ3v) is 4.77. The molecule has 0 atom stereocenters. The topological polar surface area (TPSA) is 67.5 Å². The van der Waals surface area contributed by atoms with Gasteiger partial charge in [-0.15, -0.1) is 0 Å². The number of nitrogens with one attached hydrogen (secondary N) is 1. The standard InChI is InChI=1S/C23H26FN3O3/c1-4-30-21-12-9-17(14-22(21)29-3)23(28)27(2)13-5-6-19-15-20(26-25-19)16-7-10-18(24)11-8-16/h7-12,14-15H,4-6,13H2,1-3H3,(H,25,26). The van der Waals surface area contributed by atoms with Crippen LogP contribution in [0.4, 0.5) is 4.39 Å². The number of aromatic amines is 1. The minimum Gasteiger partial charge on any atom is -0.493 e. The third kappa shape index (κ3) is 5.17. The van der Waals surface area contributed by atoms with E-state index in [0.717, 1.165) is 29.8 Å². The van der Waals surface area contributed by atoms with Crippen LogP contribution < -0.4 is 9.47 Å². The second kappa shape index (κ2) is 9.91. The predicted molar refractivity (Wildman–Crippen MR) is 113 cm³/mol. The van der Waals surface area contributed by atoms with E-state index in [2.05, 4.69) is 10.2 Å². The summed E-state index contributed by atoms with van der Waals surface area (Å²) in [4.78, 5) is 14.4. The fourth-order valence-corrected chi connectivity index (χ4v) is 3.16. The monoisotopic (exact) mass is 411 g/mol. The van der Waals surface area contributed by atoms with Gasteiger partial charge in [-0.25, -0.2) is 4.39 Å². The number of rotatable bonds is 9. The molecule has 0 radical (unpaired) electrons. The molecular formula is C23H26FN3O3. The van der Waals surface area contributed by atoms with Crippen molar-refractivity contribution < 1.29 is 18.7 Å². The highest BCUT2D eigenvalue weighted by Crippen LogP contribution is 2.28. The SMILES string of the molecule is CCOc1ccc(C(=O)N(C)CCCc2cc(-c3ccc(F)cc3)n[nH]2)cc1OC. The molecule has 0 spiro atoms. The van der Waals surface area contributed by atoms with E-state index in [-0.39, 0.29) is 11.7 Å². The lowest BCUT2D eigenvalue weighted by Crippen LogP contribution is -2.28. The van der Waals surface area contributed by atoms with Gasteiger partial charge in [-0.2, -0.15) is 5.10 Å².